The number of thiophene rings is 1. The maximum Gasteiger partial charge on any atom is 0.255 e. The molecule has 0 fully saturated rings. The van der Waals surface area contributed by atoms with Crippen molar-refractivity contribution in [3.63, 3.8) is 0 Å². The number of allylic oxidation sites excluding steroid dienone is 1. The van der Waals surface area contributed by atoms with Crippen LogP contribution in [-0.4, -0.2) is 26.1 Å². The van der Waals surface area contributed by atoms with Crippen molar-refractivity contribution in [2.75, 3.05) is 10.6 Å². The third-order valence-electron chi connectivity index (χ3n) is 3.85. The summed E-state index contributed by atoms with van der Waals surface area (Å²) in [5.41, 5.74) is 3.06. The number of hydrogen-bond acceptors (Lipinski definition) is 6. The van der Waals surface area contributed by atoms with E-state index >= 15 is 0 Å². The van der Waals surface area contributed by atoms with Crippen molar-refractivity contribution >= 4 is 28.9 Å². The molecule has 1 atom stereocenters. The number of carbonyl (C=O) groups is 1. The number of para-hydroxylation sites is 1. The van der Waals surface area contributed by atoms with Crippen LogP contribution >= 0.6 is 11.3 Å². The Morgan fingerprint density at radius 1 is 1.29 bits per heavy atom. The first-order valence-corrected chi connectivity index (χ1v) is 8.32. The summed E-state index contributed by atoms with van der Waals surface area (Å²) in [6, 6.07) is 11.0. The van der Waals surface area contributed by atoms with Crippen LogP contribution < -0.4 is 10.6 Å². The molecule has 2 N–H and O–H groups in total. The average molecular weight is 338 g/mol. The number of anilines is 2. The van der Waals surface area contributed by atoms with E-state index in [0.29, 0.717) is 11.5 Å². The smallest absolute Gasteiger partial charge is 0.255 e. The van der Waals surface area contributed by atoms with Gasteiger partial charge >= 0.3 is 0 Å². The molecule has 0 aliphatic carbocycles. The largest absolute Gasteiger partial charge is 0.326 e. The Balaban J connectivity index is 1.75. The second-order valence-corrected chi connectivity index (χ2v) is 6.17. The Bertz CT molecular complexity index is 900. The van der Waals surface area contributed by atoms with Crippen molar-refractivity contribution < 1.29 is 4.79 Å². The monoisotopic (exact) mass is 338 g/mol. The van der Waals surface area contributed by atoms with Crippen LogP contribution in [0.25, 0.3) is 0 Å². The summed E-state index contributed by atoms with van der Waals surface area (Å²) in [6.45, 7) is 1.86. The van der Waals surface area contributed by atoms with Gasteiger partial charge in [0.15, 0.2) is 0 Å². The van der Waals surface area contributed by atoms with E-state index in [1.165, 1.54) is 0 Å². The minimum absolute atomic E-state index is 0.177. The molecule has 0 spiro atoms. The molecule has 1 aromatic carbocycles. The van der Waals surface area contributed by atoms with E-state index in [0.717, 1.165) is 16.9 Å². The molecule has 0 bridgehead atoms. The highest BCUT2D eigenvalue weighted by Crippen LogP contribution is 2.35. The van der Waals surface area contributed by atoms with Crippen LogP contribution in [0.15, 0.2) is 58.4 Å². The molecule has 3 aromatic rings. The Morgan fingerprint density at radius 3 is 2.88 bits per heavy atom. The normalized spacial score (nSPS) is 16.5. The van der Waals surface area contributed by atoms with Crippen molar-refractivity contribution in [3.05, 3.63) is 64.0 Å². The molecule has 7 nitrogen and oxygen atoms in total. The fraction of sp³-hybridized carbons (Fsp3) is 0.125. The van der Waals surface area contributed by atoms with Crippen LogP contribution in [-0.2, 0) is 4.79 Å². The third-order valence-corrected chi connectivity index (χ3v) is 4.55. The molecule has 0 saturated heterocycles. The lowest BCUT2D eigenvalue weighted by molar-refractivity contribution is -0.113. The number of nitrogens with one attached hydrogen (secondary N) is 2. The highest BCUT2D eigenvalue weighted by molar-refractivity contribution is 7.08. The number of hydrogen-bond donors (Lipinski definition) is 2. The van der Waals surface area contributed by atoms with E-state index in [1.807, 2.05) is 54.1 Å². The number of rotatable bonds is 3. The molecule has 0 radical (unpaired) electrons. The first-order chi connectivity index (χ1) is 11.7. The molecule has 4 rings (SSSR count). The Morgan fingerprint density at radius 2 is 2.12 bits per heavy atom. The number of fused-ring (bicyclic) bond motifs is 1. The fourth-order valence-electron chi connectivity index (χ4n) is 2.77. The van der Waals surface area contributed by atoms with Crippen LogP contribution in [0.2, 0.25) is 0 Å². The highest BCUT2D eigenvalue weighted by Gasteiger charge is 2.34. The number of tetrazole rings is 1. The van der Waals surface area contributed by atoms with Crippen molar-refractivity contribution in [2.45, 2.75) is 13.0 Å². The summed E-state index contributed by atoms with van der Waals surface area (Å²) >= 11 is 1.57. The molecular weight excluding hydrogens is 324 g/mol. The van der Waals surface area contributed by atoms with Crippen LogP contribution in [0.5, 0.6) is 0 Å². The van der Waals surface area contributed by atoms with Crippen molar-refractivity contribution in [3.8, 4) is 0 Å². The van der Waals surface area contributed by atoms with Gasteiger partial charge in [-0.3, -0.25) is 4.79 Å². The number of carbonyl (C=O) groups excluding carboxylic acids is 1. The van der Waals surface area contributed by atoms with Crippen molar-refractivity contribution in [2.24, 2.45) is 0 Å². The molecule has 1 unspecified atom stereocenters. The average Bonchev–Trinajstić information content (AvgIpc) is 3.25. The van der Waals surface area contributed by atoms with Crippen molar-refractivity contribution in [1.82, 2.24) is 20.2 Å². The maximum absolute atomic E-state index is 12.9. The van der Waals surface area contributed by atoms with E-state index < -0.39 is 0 Å². The second kappa shape index (κ2) is 5.89. The predicted octanol–water partition coefficient (Wildman–Crippen LogP) is 2.66. The van der Waals surface area contributed by atoms with E-state index in [1.54, 1.807) is 16.0 Å². The van der Waals surface area contributed by atoms with Crippen LogP contribution in [0.4, 0.5) is 11.6 Å². The molecule has 1 aliphatic heterocycles. The minimum Gasteiger partial charge on any atom is -0.326 e. The summed E-state index contributed by atoms with van der Waals surface area (Å²) in [5, 5.41) is 21.8. The molecule has 120 valence electrons. The Hall–Kier alpha value is -3.00. The fourth-order valence-corrected chi connectivity index (χ4v) is 3.44. The number of amides is 1. The summed E-state index contributed by atoms with van der Waals surface area (Å²) in [7, 11) is 0. The highest BCUT2D eigenvalue weighted by atomic mass is 32.1. The summed E-state index contributed by atoms with van der Waals surface area (Å²) < 4.78 is 1.63. The Kier molecular flexibility index (Phi) is 3.58. The van der Waals surface area contributed by atoms with E-state index in [-0.39, 0.29) is 11.9 Å². The Labute approximate surface area is 142 Å². The van der Waals surface area contributed by atoms with Crippen LogP contribution in [0.1, 0.15) is 18.5 Å². The first-order valence-electron chi connectivity index (χ1n) is 7.38. The van der Waals surface area contributed by atoms with Gasteiger partial charge < -0.3 is 10.6 Å². The van der Waals surface area contributed by atoms with Gasteiger partial charge in [0, 0.05) is 11.4 Å². The SMILES string of the molecule is CC1=C(C(=O)Nc2ccccc2)C(c2ccsc2)n2nnnc2N1. The summed E-state index contributed by atoms with van der Waals surface area (Å²) in [6.07, 6.45) is 0. The van der Waals surface area contributed by atoms with Gasteiger partial charge in [0.1, 0.15) is 6.04 Å². The minimum atomic E-state index is -0.355. The zero-order valence-corrected chi connectivity index (χ0v) is 13.6. The number of nitrogens with zero attached hydrogens (tertiary/aromatic N) is 4. The van der Waals surface area contributed by atoms with E-state index in [9.17, 15) is 4.79 Å². The van der Waals surface area contributed by atoms with Crippen LogP contribution in [0, 0.1) is 0 Å². The van der Waals surface area contributed by atoms with Gasteiger partial charge in [-0.15, -0.1) is 0 Å². The third kappa shape index (κ3) is 2.46. The van der Waals surface area contributed by atoms with Gasteiger partial charge in [-0.1, -0.05) is 23.3 Å². The molecule has 1 amide bonds. The quantitative estimate of drug-likeness (QED) is 0.767. The first kappa shape index (κ1) is 14.6. The molecule has 0 saturated carbocycles. The van der Waals surface area contributed by atoms with Gasteiger partial charge in [-0.25, -0.2) is 0 Å². The number of aromatic nitrogens is 4. The van der Waals surface area contributed by atoms with Crippen LogP contribution in [0.3, 0.4) is 0 Å². The number of benzene rings is 1. The molecule has 24 heavy (non-hydrogen) atoms. The van der Waals surface area contributed by atoms with Gasteiger partial charge in [0.05, 0.1) is 5.57 Å². The van der Waals surface area contributed by atoms with Gasteiger partial charge in [-0.05, 0) is 51.9 Å². The predicted molar refractivity (Wildman–Crippen MR) is 91.7 cm³/mol. The van der Waals surface area contributed by atoms with Gasteiger partial charge in [0.2, 0.25) is 5.95 Å². The zero-order valence-electron chi connectivity index (χ0n) is 12.8. The summed E-state index contributed by atoms with van der Waals surface area (Å²) in [4.78, 5) is 12.9. The lowest BCUT2D eigenvalue weighted by Crippen LogP contribution is -2.31. The van der Waals surface area contributed by atoms with E-state index in [2.05, 4.69) is 26.2 Å². The van der Waals surface area contributed by atoms with Gasteiger partial charge in [-0.2, -0.15) is 16.0 Å². The zero-order chi connectivity index (χ0) is 16.5. The van der Waals surface area contributed by atoms with Crippen molar-refractivity contribution in [1.29, 1.82) is 0 Å². The topological polar surface area (TPSA) is 84.7 Å². The van der Waals surface area contributed by atoms with E-state index in [4.69, 9.17) is 0 Å². The molecule has 2 aromatic heterocycles. The van der Waals surface area contributed by atoms with Gasteiger partial charge in [0.25, 0.3) is 5.91 Å². The summed E-state index contributed by atoms with van der Waals surface area (Å²) in [5.74, 6) is 0.350. The standard InChI is InChI=1S/C16H14N6OS/c1-10-13(15(23)18-12-5-3-2-4-6-12)14(11-7-8-24-9-11)22-16(17-10)19-20-21-22/h2-9,14H,1H3,(H,18,23)(H,17,19,21). The maximum atomic E-state index is 12.9. The lowest BCUT2D eigenvalue weighted by Gasteiger charge is -2.27. The molecule has 1 aliphatic rings. The second-order valence-electron chi connectivity index (χ2n) is 5.39. The lowest BCUT2D eigenvalue weighted by atomic mass is 9.97. The molecule has 3 heterocycles. The molecule has 8 heteroatoms. The molecular formula is C16H14N6OS.